The van der Waals surface area contributed by atoms with Crippen LogP contribution >= 0.6 is 0 Å². The van der Waals surface area contributed by atoms with Gasteiger partial charge < -0.3 is 9.64 Å². The monoisotopic (exact) mass is 241 g/mol. The molecule has 1 rings (SSSR count). The second-order valence-corrected chi connectivity index (χ2v) is 6.18. The Labute approximate surface area is 106 Å². The van der Waals surface area contributed by atoms with Gasteiger partial charge >= 0.3 is 6.09 Å². The van der Waals surface area contributed by atoms with Crippen LogP contribution in [0.15, 0.2) is 0 Å². The third kappa shape index (κ3) is 4.57. The third-order valence-electron chi connectivity index (χ3n) is 3.39. The van der Waals surface area contributed by atoms with Crippen LogP contribution < -0.4 is 0 Å². The molecule has 1 fully saturated rings. The Morgan fingerprint density at radius 2 is 1.76 bits per heavy atom. The molecule has 0 unspecified atom stereocenters. The van der Waals surface area contributed by atoms with Crippen molar-refractivity contribution in [3.8, 4) is 0 Å². The zero-order valence-electron chi connectivity index (χ0n) is 12.0. The number of nitrogens with zero attached hydrogens (tertiary/aromatic N) is 1. The lowest BCUT2D eigenvalue weighted by molar-refractivity contribution is 0.0121. The molecule has 0 atom stereocenters. The SMILES string of the molecule is CCN(C(=O)OC(C)(C)C)C1CCC(C)CC1. The van der Waals surface area contributed by atoms with Crippen molar-refractivity contribution in [2.24, 2.45) is 5.92 Å². The zero-order valence-corrected chi connectivity index (χ0v) is 12.0. The molecule has 0 aromatic rings. The van der Waals surface area contributed by atoms with Crippen molar-refractivity contribution < 1.29 is 9.53 Å². The number of amides is 1. The van der Waals surface area contributed by atoms with Crippen LogP contribution in [-0.4, -0.2) is 29.2 Å². The summed E-state index contributed by atoms with van der Waals surface area (Å²) in [7, 11) is 0. The largest absolute Gasteiger partial charge is 0.444 e. The van der Waals surface area contributed by atoms with Crippen molar-refractivity contribution in [2.45, 2.75) is 71.9 Å². The first-order chi connectivity index (χ1) is 7.83. The molecule has 3 heteroatoms. The number of carbonyl (C=O) groups excluding carboxylic acids is 1. The Hall–Kier alpha value is -0.730. The molecule has 0 aromatic heterocycles. The van der Waals surface area contributed by atoms with Gasteiger partial charge in [0.2, 0.25) is 0 Å². The summed E-state index contributed by atoms with van der Waals surface area (Å²) in [6.07, 6.45) is 4.54. The van der Waals surface area contributed by atoms with Crippen molar-refractivity contribution in [3.63, 3.8) is 0 Å². The van der Waals surface area contributed by atoms with Gasteiger partial charge in [0.15, 0.2) is 0 Å². The smallest absolute Gasteiger partial charge is 0.410 e. The first kappa shape index (κ1) is 14.3. The van der Waals surface area contributed by atoms with E-state index in [1.165, 1.54) is 12.8 Å². The van der Waals surface area contributed by atoms with E-state index in [0.29, 0.717) is 6.04 Å². The molecule has 0 bridgehead atoms. The van der Waals surface area contributed by atoms with Crippen molar-refractivity contribution in [2.75, 3.05) is 6.54 Å². The number of hydrogen-bond acceptors (Lipinski definition) is 2. The molecule has 0 heterocycles. The fourth-order valence-electron chi connectivity index (χ4n) is 2.41. The first-order valence-electron chi connectivity index (χ1n) is 6.83. The van der Waals surface area contributed by atoms with Crippen LogP contribution in [-0.2, 0) is 4.74 Å². The molecule has 0 aliphatic heterocycles. The summed E-state index contributed by atoms with van der Waals surface area (Å²) in [4.78, 5) is 14.0. The highest BCUT2D eigenvalue weighted by molar-refractivity contribution is 5.68. The lowest BCUT2D eigenvalue weighted by Crippen LogP contribution is -2.44. The van der Waals surface area contributed by atoms with E-state index in [1.54, 1.807) is 0 Å². The van der Waals surface area contributed by atoms with Crippen LogP contribution in [0.3, 0.4) is 0 Å². The summed E-state index contributed by atoms with van der Waals surface area (Å²) in [6, 6.07) is 0.381. The van der Waals surface area contributed by atoms with Crippen LogP contribution in [0.4, 0.5) is 4.79 Å². The van der Waals surface area contributed by atoms with Gasteiger partial charge in [0.05, 0.1) is 0 Å². The second-order valence-electron chi connectivity index (χ2n) is 6.18. The maximum absolute atomic E-state index is 12.1. The zero-order chi connectivity index (χ0) is 13.1. The molecule has 1 saturated carbocycles. The highest BCUT2D eigenvalue weighted by Gasteiger charge is 2.29. The summed E-state index contributed by atoms with van der Waals surface area (Å²) >= 11 is 0. The molecule has 1 aliphatic carbocycles. The highest BCUT2D eigenvalue weighted by atomic mass is 16.6. The van der Waals surface area contributed by atoms with Gasteiger partial charge in [-0.15, -0.1) is 0 Å². The third-order valence-corrected chi connectivity index (χ3v) is 3.39. The van der Waals surface area contributed by atoms with E-state index >= 15 is 0 Å². The van der Waals surface area contributed by atoms with Crippen LogP contribution in [0, 0.1) is 5.92 Å². The van der Waals surface area contributed by atoms with Crippen LogP contribution in [0.2, 0.25) is 0 Å². The standard InChI is InChI=1S/C14H27NO2/c1-6-15(13(16)17-14(3,4)5)12-9-7-11(2)8-10-12/h11-12H,6-10H2,1-5H3. The van der Waals surface area contributed by atoms with E-state index in [2.05, 4.69) is 6.92 Å². The lowest BCUT2D eigenvalue weighted by Gasteiger charge is -2.36. The minimum Gasteiger partial charge on any atom is -0.444 e. The molecular weight excluding hydrogens is 214 g/mol. The van der Waals surface area contributed by atoms with Crippen LogP contribution in [0.25, 0.3) is 0 Å². The van der Waals surface area contributed by atoms with Crippen molar-refractivity contribution in [3.05, 3.63) is 0 Å². The molecule has 0 radical (unpaired) electrons. The summed E-state index contributed by atoms with van der Waals surface area (Å²) in [5.41, 5.74) is -0.396. The van der Waals surface area contributed by atoms with Gasteiger partial charge in [0.1, 0.15) is 5.60 Å². The molecule has 3 nitrogen and oxygen atoms in total. The van der Waals surface area contributed by atoms with Crippen molar-refractivity contribution >= 4 is 6.09 Å². The van der Waals surface area contributed by atoms with Gasteiger partial charge in [0, 0.05) is 12.6 Å². The fourth-order valence-corrected chi connectivity index (χ4v) is 2.41. The Kier molecular flexibility index (Phi) is 4.84. The minimum absolute atomic E-state index is 0.153. The molecule has 0 spiro atoms. The normalized spacial score (nSPS) is 25.5. The van der Waals surface area contributed by atoms with Crippen LogP contribution in [0.1, 0.15) is 60.3 Å². The quantitative estimate of drug-likeness (QED) is 0.735. The topological polar surface area (TPSA) is 29.5 Å². The Balaban J connectivity index is 2.55. The number of carbonyl (C=O) groups is 1. The average molecular weight is 241 g/mol. The molecule has 1 aliphatic rings. The molecule has 1 amide bonds. The molecule has 0 N–H and O–H groups in total. The molecule has 17 heavy (non-hydrogen) atoms. The number of ether oxygens (including phenoxy) is 1. The predicted octanol–water partition coefficient (Wildman–Crippen LogP) is 3.82. The van der Waals surface area contributed by atoms with Gasteiger partial charge in [-0.2, -0.15) is 0 Å². The average Bonchev–Trinajstić information content (AvgIpc) is 2.19. The highest BCUT2D eigenvalue weighted by Crippen LogP contribution is 2.27. The van der Waals surface area contributed by atoms with E-state index in [4.69, 9.17) is 4.74 Å². The van der Waals surface area contributed by atoms with Crippen molar-refractivity contribution in [1.29, 1.82) is 0 Å². The summed E-state index contributed by atoms with van der Waals surface area (Å²) in [6.45, 7) is 10.8. The summed E-state index contributed by atoms with van der Waals surface area (Å²) < 4.78 is 5.46. The van der Waals surface area contributed by atoms with Gasteiger partial charge in [-0.05, 0) is 59.3 Å². The van der Waals surface area contributed by atoms with E-state index < -0.39 is 5.60 Å². The van der Waals surface area contributed by atoms with Crippen molar-refractivity contribution in [1.82, 2.24) is 4.90 Å². The Morgan fingerprint density at radius 1 is 1.24 bits per heavy atom. The lowest BCUT2D eigenvalue weighted by atomic mass is 9.87. The van der Waals surface area contributed by atoms with Crippen LogP contribution in [0.5, 0.6) is 0 Å². The summed E-state index contributed by atoms with van der Waals surface area (Å²) in [5.74, 6) is 0.809. The second kappa shape index (κ2) is 5.74. The molecule has 0 saturated heterocycles. The fraction of sp³-hybridized carbons (Fsp3) is 0.929. The molecule has 0 aromatic carbocycles. The maximum atomic E-state index is 12.1. The maximum Gasteiger partial charge on any atom is 0.410 e. The Bertz CT molecular complexity index is 249. The van der Waals surface area contributed by atoms with Gasteiger partial charge in [0.25, 0.3) is 0 Å². The van der Waals surface area contributed by atoms with E-state index in [1.807, 2.05) is 32.6 Å². The summed E-state index contributed by atoms with van der Waals surface area (Å²) in [5, 5.41) is 0. The number of rotatable bonds is 2. The Morgan fingerprint density at radius 3 is 2.18 bits per heavy atom. The van der Waals surface area contributed by atoms with E-state index in [-0.39, 0.29) is 6.09 Å². The van der Waals surface area contributed by atoms with E-state index in [0.717, 1.165) is 25.3 Å². The first-order valence-corrected chi connectivity index (χ1v) is 6.83. The molecule has 100 valence electrons. The van der Waals surface area contributed by atoms with Gasteiger partial charge in [-0.3, -0.25) is 0 Å². The van der Waals surface area contributed by atoms with Gasteiger partial charge in [-0.25, -0.2) is 4.79 Å². The predicted molar refractivity (Wildman–Crippen MR) is 70.0 cm³/mol. The van der Waals surface area contributed by atoms with E-state index in [9.17, 15) is 4.79 Å². The number of hydrogen-bond donors (Lipinski definition) is 0. The van der Waals surface area contributed by atoms with Gasteiger partial charge in [-0.1, -0.05) is 6.92 Å². The minimum atomic E-state index is -0.396. The molecular formula is C14H27NO2.